The minimum Gasteiger partial charge on any atom is -0.375 e. The molecule has 1 aromatic carbocycles. The van der Waals surface area contributed by atoms with Crippen molar-refractivity contribution in [1.29, 1.82) is 0 Å². The van der Waals surface area contributed by atoms with Crippen molar-refractivity contribution in [3.05, 3.63) is 42.2 Å². The van der Waals surface area contributed by atoms with E-state index in [-0.39, 0.29) is 0 Å². The Hall–Kier alpha value is -1.97. The van der Waals surface area contributed by atoms with E-state index in [1.165, 1.54) is 18.5 Å². The molecule has 3 rings (SSSR count). The predicted octanol–water partition coefficient (Wildman–Crippen LogP) is 3.29. The molecule has 1 N–H and O–H groups in total. The van der Waals surface area contributed by atoms with Gasteiger partial charge in [0.2, 0.25) is 5.95 Å². The molecule has 1 fully saturated rings. The van der Waals surface area contributed by atoms with E-state index in [1.54, 1.807) is 0 Å². The number of imidazole rings is 1. The Morgan fingerprint density at radius 2 is 2.05 bits per heavy atom. The van der Waals surface area contributed by atoms with E-state index in [9.17, 15) is 0 Å². The van der Waals surface area contributed by atoms with Gasteiger partial charge >= 0.3 is 0 Å². The monoisotopic (exact) mass is 284 g/mol. The second kappa shape index (κ2) is 6.20. The van der Waals surface area contributed by atoms with Crippen LogP contribution < -0.4 is 10.2 Å². The lowest BCUT2D eigenvalue weighted by molar-refractivity contribution is 0.640. The molecule has 1 aliphatic carbocycles. The highest BCUT2D eigenvalue weighted by molar-refractivity contribution is 5.44. The molecule has 1 saturated carbocycles. The molecule has 0 amide bonds. The first kappa shape index (κ1) is 14.0. The summed E-state index contributed by atoms with van der Waals surface area (Å²) in [5.41, 5.74) is 2.37. The highest BCUT2D eigenvalue weighted by Gasteiger charge is 2.22. The number of rotatable bonds is 7. The van der Waals surface area contributed by atoms with Gasteiger partial charge in [-0.05, 0) is 38.3 Å². The molecule has 21 heavy (non-hydrogen) atoms. The van der Waals surface area contributed by atoms with Crippen molar-refractivity contribution < 1.29 is 0 Å². The predicted molar refractivity (Wildman–Crippen MR) is 87.9 cm³/mol. The van der Waals surface area contributed by atoms with Gasteiger partial charge in [-0.1, -0.05) is 18.2 Å². The van der Waals surface area contributed by atoms with Crippen LogP contribution in [0.15, 0.2) is 36.5 Å². The van der Waals surface area contributed by atoms with Crippen molar-refractivity contribution in [3.8, 4) is 0 Å². The standard InChI is InChI=1S/C17H24N4/c1-14-13-21(17(18-14)19-15-9-10-15)12-6-11-20(2)16-7-4-3-5-8-16/h3-5,7-8,13,15H,6,9-12H2,1-2H3,(H,18,19). The van der Waals surface area contributed by atoms with Crippen LogP contribution in [0, 0.1) is 6.92 Å². The summed E-state index contributed by atoms with van der Waals surface area (Å²) in [5.74, 6) is 1.04. The summed E-state index contributed by atoms with van der Waals surface area (Å²) >= 11 is 0. The Morgan fingerprint density at radius 3 is 2.76 bits per heavy atom. The van der Waals surface area contributed by atoms with Gasteiger partial charge in [-0.25, -0.2) is 4.98 Å². The van der Waals surface area contributed by atoms with Crippen LogP contribution >= 0.6 is 0 Å². The van der Waals surface area contributed by atoms with Crippen LogP contribution in [0.2, 0.25) is 0 Å². The number of nitrogens with zero attached hydrogens (tertiary/aromatic N) is 3. The van der Waals surface area contributed by atoms with Crippen LogP contribution in [0.5, 0.6) is 0 Å². The lowest BCUT2D eigenvalue weighted by Gasteiger charge is -2.19. The van der Waals surface area contributed by atoms with Gasteiger partial charge in [0.25, 0.3) is 0 Å². The van der Waals surface area contributed by atoms with Gasteiger partial charge in [-0.2, -0.15) is 0 Å². The SMILES string of the molecule is Cc1cn(CCCN(C)c2ccccc2)c(NC2CC2)n1. The van der Waals surface area contributed by atoms with Crippen LogP contribution in [-0.2, 0) is 6.54 Å². The summed E-state index contributed by atoms with van der Waals surface area (Å²) in [6.45, 7) is 4.11. The van der Waals surface area contributed by atoms with Crippen LogP contribution in [0.25, 0.3) is 0 Å². The smallest absolute Gasteiger partial charge is 0.203 e. The van der Waals surface area contributed by atoms with E-state index in [4.69, 9.17) is 0 Å². The van der Waals surface area contributed by atoms with Gasteiger partial charge in [0, 0.05) is 38.1 Å². The van der Waals surface area contributed by atoms with Crippen LogP contribution in [0.1, 0.15) is 25.0 Å². The van der Waals surface area contributed by atoms with Gasteiger partial charge in [-0.3, -0.25) is 0 Å². The molecule has 1 aliphatic rings. The zero-order chi connectivity index (χ0) is 14.7. The molecule has 0 saturated heterocycles. The maximum Gasteiger partial charge on any atom is 0.203 e. The Kier molecular flexibility index (Phi) is 4.13. The lowest BCUT2D eigenvalue weighted by atomic mass is 10.3. The van der Waals surface area contributed by atoms with Crippen molar-refractivity contribution in [2.24, 2.45) is 0 Å². The molecular formula is C17H24N4. The molecule has 1 aromatic heterocycles. The average molecular weight is 284 g/mol. The molecule has 112 valence electrons. The molecule has 0 unspecified atom stereocenters. The van der Waals surface area contributed by atoms with Gasteiger partial charge in [0.1, 0.15) is 0 Å². The van der Waals surface area contributed by atoms with E-state index >= 15 is 0 Å². The van der Waals surface area contributed by atoms with Gasteiger partial charge in [0.05, 0.1) is 5.69 Å². The third-order valence-corrected chi connectivity index (χ3v) is 3.90. The number of hydrogen-bond acceptors (Lipinski definition) is 3. The van der Waals surface area contributed by atoms with E-state index < -0.39 is 0 Å². The summed E-state index contributed by atoms with van der Waals surface area (Å²) in [5, 5.41) is 3.51. The van der Waals surface area contributed by atoms with Crippen LogP contribution in [0.4, 0.5) is 11.6 Å². The quantitative estimate of drug-likeness (QED) is 0.847. The molecule has 0 bridgehead atoms. The van der Waals surface area contributed by atoms with Crippen molar-refractivity contribution in [1.82, 2.24) is 9.55 Å². The van der Waals surface area contributed by atoms with Crippen molar-refractivity contribution >= 4 is 11.6 Å². The Bertz CT molecular complexity index is 572. The Morgan fingerprint density at radius 1 is 1.29 bits per heavy atom. The second-order valence-electron chi connectivity index (χ2n) is 5.93. The van der Waals surface area contributed by atoms with Crippen LogP contribution in [0.3, 0.4) is 0 Å². The summed E-state index contributed by atoms with van der Waals surface area (Å²) in [6.07, 6.45) is 5.82. The number of anilines is 2. The zero-order valence-corrected chi connectivity index (χ0v) is 12.9. The van der Waals surface area contributed by atoms with E-state index in [1.807, 2.05) is 0 Å². The number of aryl methyl sites for hydroxylation is 2. The van der Waals surface area contributed by atoms with Gasteiger partial charge < -0.3 is 14.8 Å². The average Bonchev–Trinajstić information content (AvgIpc) is 3.23. The van der Waals surface area contributed by atoms with Gasteiger partial charge in [-0.15, -0.1) is 0 Å². The highest BCUT2D eigenvalue weighted by Crippen LogP contribution is 2.24. The van der Waals surface area contributed by atoms with Crippen molar-refractivity contribution in [3.63, 3.8) is 0 Å². The molecule has 2 aromatic rings. The minimum absolute atomic E-state index is 0.651. The molecule has 4 nitrogen and oxygen atoms in total. The fraction of sp³-hybridized carbons (Fsp3) is 0.471. The highest BCUT2D eigenvalue weighted by atomic mass is 15.2. The van der Waals surface area contributed by atoms with E-state index in [0.29, 0.717) is 6.04 Å². The normalized spacial score (nSPS) is 14.2. The zero-order valence-electron chi connectivity index (χ0n) is 12.9. The van der Waals surface area contributed by atoms with E-state index in [2.05, 4.69) is 70.3 Å². The minimum atomic E-state index is 0.651. The number of nitrogens with one attached hydrogen (secondary N) is 1. The first-order valence-corrected chi connectivity index (χ1v) is 7.79. The van der Waals surface area contributed by atoms with Gasteiger partial charge in [0.15, 0.2) is 0 Å². The number of benzene rings is 1. The molecule has 0 radical (unpaired) electrons. The maximum atomic E-state index is 4.58. The summed E-state index contributed by atoms with van der Waals surface area (Å²) in [6, 6.07) is 11.2. The molecular weight excluding hydrogens is 260 g/mol. The summed E-state index contributed by atoms with van der Waals surface area (Å²) < 4.78 is 2.26. The third kappa shape index (κ3) is 3.78. The number of hydrogen-bond donors (Lipinski definition) is 1. The second-order valence-corrected chi connectivity index (χ2v) is 5.93. The fourth-order valence-corrected chi connectivity index (χ4v) is 2.53. The topological polar surface area (TPSA) is 33.1 Å². The number of aromatic nitrogens is 2. The Labute approximate surface area is 126 Å². The first-order valence-electron chi connectivity index (χ1n) is 7.79. The Balaban J connectivity index is 1.53. The molecule has 4 heteroatoms. The molecule has 1 heterocycles. The van der Waals surface area contributed by atoms with E-state index in [0.717, 1.165) is 31.2 Å². The number of para-hydroxylation sites is 1. The van der Waals surface area contributed by atoms with Crippen molar-refractivity contribution in [2.45, 2.75) is 38.8 Å². The molecule has 0 aliphatic heterocycles. The molecule has 0 spiro atoms. The first-order chi connectivity index (χ1) is 10.2. The fourth-order valence-electron chi connectivity index (χ4n) is 2.53. The largest absolute Gasteiger partial charge is 0.375 e. The van der Waals surface area contributed by atoms with Crippen molar-refractivity contribution in [2.75, 3.05) is 23.8 Å². The van der Waals surface area contributed by atoms with Crippen LogP contribution in [-0.4, -0.2) is 29.2 Å². The molecule has 0 atom stereocenters. The lowest BCUT2D eigenvalue weighted by Crippen LogP contribution is -2.20. The maximum absolute atomic E-state index is 4.58. The summed E-state index contributed by atoms with van der Waals surface area (Å²) in [4.78, 5) is 6.89. The third-order valence-electron chi connectivity index (χ3n) is 3.90. The summed E-state index contributed by atoms with van der Waals surface area (Å²) in [7, 11) is 2.15.